The van der Waals surface area contributed by atoms with Gasteiger partial charge in [0.2, 0.25) is 0 Å². The predicted octanol–water partition coefficient (Wildman–Crippen LogP) is 2.75. The van der Waals surface area contributed by atoms with Crippen molar-refractivity contribution < 1.29 is 32.6 Å². The third-order valence-electron chi connectivity index (χ3n) is 4.59. The van der Waals surface area contributed by atoms with Gasteiger partial charge in [-0.2, -0.15) is 4.57 Å². The Morgan fingerprint density at radius 3 is 2.34 bits per heavy atom. The summed E-state index contributed by atoms with van der Waals surface area (Å²) in [6, 6.07) is 8.84. The Balaban J connectivity index is 2.36. The number of halogens is 3. The number of alkyl halides is 3. The van der Waals surface area contributed by atoms with Gasteiger partial charge in [-0.3, -0.25) is 14.2 Å². The Morgan fingerprint density at radius 1 is 1.12 bits per heavy atom. The summed E-state index contributed by atoms with van der Waals surface area (Å²) < 4.78 is 45.0. The van der Waals surface area contributed by atoms with Crippen molar-refractivity contribution in [3.63, 3.8) is 0 Å². The summed E-state index contributed by atoms with van der Waals surface area (Å²) in [4.78, 5) is 48.5. The number of ether oxygens (including phenoxy) is 1. The number of aromatic nitrogens is 2. The average Bonchev–Trinajstić information content (AvgIpc) is 3.09. The molecule has 32 heavy (non-hydrogen) atoms. The van der Waals surface area contributed by atoms with Crippen LogP contribution in [0.5, 0.6) is 0 Å². The fraction of sp³-hybridized carbons (Fsp3) is 0.300. The van der Waals surface area contributed by atoms with E-state index in [9.17, 15) is 32.3 Å². The third kappa shape index (κ3) is 4.44. The zero-order valence-corrected chi connectivity index (χ0v) is 17.5. The Bertz CT molecular complexity index is 1290. The van der Waals surface area contributed by atoms with E-state index >= 15 is 0 Å². The van der Waals surface area contributed by atoms with Crippen LogP contribution in [0.15, 0.2) is 39.9 Å². The van der Waals surface area contributed by atoms with Gasteiger partial charge in [0, 0.05) is 0 Å². The first kappa shape index (κ1) is 23.3. The molecular weight excluding hydrogens is 453 g/mol. The van der Waals surface area contributed by atoms with Crippen molar-refractivity contribution >= 4 is 33.5 Å². The van der Waals surface area contributed by atoms with Crippen LogP contribution in [0, 0.1) is 0 Å². The number of nitrogens with zero attached hydrogens (tertiary/aromatic N) is 2. The molecule has 3 rings (SSSR count). The number of aryl methyl sites for hydroxylation is 2. The molecule has 0 aliphatic heterocycles. The number of carboxylic acid groups (broad SMARTS) is 1. The monoisotopic (exact) mass is 470 g/mol. The van der Waals surface area contributed by atoms with Gasteiger partial charge in [0.1, 0.15) is 16.3 Å². The first-order valence-electron chi connectivity index (χ1n) is 9.37. The van der Waals surface area contributed by atoms with Crippen LogP contribution in [0.25, 0.3) is 10.2 Å². The molecule has 0 bridgehead atoms. The average molecular weight is 470 g/mol. The Hall–Kier alpha value is -3.41. The van der Waals surface area contributed by atoms with Crippen LogP contribution < -0.4 is 11.2 Å². The van der Waals surface area contributed by atoms with Crippen LogP contribution in [-0.4, -0.2) is 32.8 Å². The highest BCUT2D eigenvalue weighted by Crippen LogP contribution is 2.31. The van der Waals surface area contributed by atoms with E-state index in [0.29, 0.717) is 15.9 Å². The summed E-state index contributed by atoms with van der Waals surface area (Å²) in [7, 11) is 0. The fourth-order valence-electron chi connectivity index (χ4n) is 3.28. The lowest BCUT2D eigenvalue weighted by Crippen LogP contribution is -2.46. The minimum atomic E-state index is -5.38. The molecular formula is C20H17F3N2O6S. The number of hydrogen-bond acceptors (Lipinski definition) is 6. The van der Waals surface area contributed by atoms with Crippen LogP contribution in [0.1, 0.15) is 27.7 Å². The zero-order valence-electron chi connectivity index (χ0n) is 16.6. The lowest BCUT2D eigenvalue weighted by Gasteiger charge is -2.13. The van der Waals surface area contributed by atoms with Crippen LogP contribution in [0.3, 0.4) is 0 Å². The van der Waals surface area contributed by atoms with Gasteiger partial charge in [-0.05, 0) is 30.9 Å². The molecule has 0 spiro atoms. The van der Waals surface area contributed by atoms with E-state index in [0.717, 1.165) is 5.56 Å². The van der Waals surface area contributed by atoms with Gasteiger partial charge in [-0.25, -0.2) is 9.59 Å². The van der Waals surface area contributed by atoms with Crippen molar-refractivity contribution in [2.45, 2.75) is 32.6 Å². The second kappa shape index (κ2) is 8.99. The third-order valence-corrected chi connectivity index (χ3v) is 5.82. The van der Waals surface area contributed by atoms with Gasteiger partial charge >= 0.3 is 23.9 Å². The van der Waals surface area contributed by atoms with E-state index in [1.807, 2.05) is 0 Å². The second-order valence-electron chi connectivity index (χ2n) is 6.67. The highest BCUT2D eigenvalue weighted by molar-refractivity contribution is 7.20. The number of aliphatic carboxylic acids is 1. The molecule has 0 radical (unpaired) electrons. The number of hydrogen-bond donors (Lipinski definition) is 1. The number of carbonyl (C=O) groups is 2. The smallest absolute Gasteiger partial charge is 0.480 e. The normalized spacial score (nSPS) is 11.6. The molecule has 1 aromatic carbocycles. The van der Waals surface area contributed by atoms with E-state index in [1.165, 1.54) is 6.92 Å². The van der Waals surface area contributed by atoms with Crippen molar-refractivity contribution in [3.8, 4) is 0 Å². The molecule has 2 aromatic heterocycles. The molecule has 0 amide bonds. The molecule has 3 aromatic rings. The van der Waals surface area contributed by atoms with Gasteiger partial charge in [0.15, 0.2) is 0 Å². The Kier molecular flexibility index (Phi) is 6.53. The fourth-order valence-corrected chi connectivity index (χ4v) is 4.51. The summed E-state index contributed by atoms with van der Waals surface area (Å²) in [5.74, 6) is -2.46. The number of carboxylic acids is 1. The van der Waals surface area contributed by atoms with Crippen molar-refractivity contribution in [2.24, 2.45) is 0 Å². The van der Waals surface area contributed by atoms with Crippen molar-refractivity contribution in [1.82, 2.24) is 9.13 Å². The van der Waals surface area contributed by atoms with E-state index in [4.69, 9.17) is 9.84 Å². The molecule has 0 saturated heterocycles. The van der Waals surface area contributed by atoms with E-state index in [-0.39, 0.29) is 34.7 Å². The summed E-state index contributed by atoms with van der Waals surface area (Å²) in [6.45, 7) is 0.387. The largest absolute Gasteiger partial charge is 0.495 e. The van der Waals surface area contributed by atoms with Gasteiger partial charge in [0.05, 0.1) is 12.0 Å². The zero-order chi connectivity index (χ0) is 23.6. The molecule has 12 heteroatoms. The lowest BCUT2D eigenvalue weighted by atomic mass is 10.0. The van der Waals surface area contributed by atoms with Crippen LogP contribution in [0.4, 0.5) is 13.2 Å². The van der Waals surface area contributed by atoms with Crippen molar-refractivity contribution in [1.29, 1.82) is 0 Å². The highest BCUT2D eigenvalue weighted by Gasteiger charge is 2.38. The second-order valence-corrected chi connectivity index (χ2v) is 7.67. The molecule has 0 aliphatic rings. The number of rotatable bonds is 7. The van der Waals surface area contributed by atoms with Gasteiger partial charge in [0.25, 0.3) is 5.56 Å². The van der Waals surface area contributed by atoms with Crippen LogP contribution in [-0.2, 0) is 35.2 Å². The number of thiophene rings is 1. The molecule has 8 nitrogen and oxygen atoms in total. The Morgan fingerprint density at radius 2 is 1.78 bits per heavy atom. The highest BCUT2D eigenvalue weighted by atomic mass is 32.1. The molecule has 0 aliphatic carbocycles. The lowest BCUT2D eigenvalue weighted by molar-refractivity contribution is -0.209. The van der Waals surface area contributed by atoms with E-state index in [2.05, 4.69) is 0 Å². The maximum atomic E-state index is 13.5. The number of benzene rings is 1. The molecule has 0 unspecified atom stereocenters. The van der Waals surface area contributed by atoms with Crippen LogP contribution in [0.2, 0.25) is 0 Å². The molecule has 2 heterocycles. The van der Waals surface area contributed by atoms with E-state index in [1.54, 1.807) is 30.3 Å². The molecule has 0 fully saturated rings. The standard InChI is InChI=1S/C20H17F3N2O6S/c1-2-31-18(29)15-12(9-8-11-6-4-3-5-7-11)14-16(28)25(20(21,22)23)19(30)24(10-13(26)27)17(14)32-15/h3-7H,2,8-10H2,1H3,(H,26,27). The molecule has 170 valence electrons. The van der Waals surface area contributed by atoms with Gasteiger partial charge in [-0.1, -0.05) is 30.3 Å². The minimum absolute atomic E-state index is 0.00344. The maximum absolute atomic E-state index is 13.5. The topological polar surface area (TPSA) is 108 Å². The molecule has 0 atom stereocenters. The summed E-state index contributed by atoms with van der Waals surface area (Å²) in [6.07, 6.45) is -5.11. The number of esters is 1. The molecule has 0 saturated carbocycles. The van der Waals surface area contributed by atoms with Crippen molar-refractivity contribution in [2.75, 3.05) is 6.61 Å². The predicted molar refractivity (Wildman–Crippen MR) is 109 cm³/mol. The molecule has 1 N–H and O–H groups in total. The minimum Gasteiger partial charge on any atom is -0.480 e. The summed E-state index contributed by atoms with van der Waals surface area (Å²) >= 11 is 0.568. The maximum Gasteiger partial charge on any atom is 0.495 e. The Labute approximate surface area is 182 Å². The summed E-state index contributed by atoms with van der Waals surface area (Å²) in [5, 5.41) is 8.60. The SMILES string of the molecule is CCOC(=O)c1sc2c(c1CCc1ccccc1)c(=O)n(C(F)(F)F)c(=O)n2CC(=O)O. The van der Waals surface area contributed by atoms with E-state index < -0.39 is 46.0 Å². The number of fused-ring (bicyclic) bond motifs is 1. The summed E-state index contributed by atoms with van der Waals surface area (Å²) in [5.41, 5.74) is -2.72. The quantitative estimate of drug-likeness (QED) is 0.532. The first-order valence-corrected chi connectivity index (χ1v) is 10.2. The number of carbonyl (C=O) groups excluding carboxylic acids is 1. The first-order chi connectivity index (χ1) is 15.1. The van der Waals surface area contributed by atoms with Crippen molar-refractivity contribution in [3.05, 3.63) is 67.2 Å². The van der Waals surface area contributed by atoms with Gasteiger partial charge in [-0.15, -0.1) is 24.5 Å². The van der Waals surface area contributed by atoms with Crippen LogP contribution >= 0.6 is 11.3 Å². The van der Waals surface area contributed by atoms with Gasteiger partial charge < -0.3 is 9.84 Å².